The molecule has 1 fully saturated rings. The van der Waals surface area contributed by atoms with Gasteiger partial charge in [0.1, 0.15) is 23.3 Å². The Kier molecular flexibility index (Phi) is 5.17. The van der Waals surface area contributed by atoms with E-state index in [1.807, 2.05) is 17.5 Å². The summed E-state index contributed by atoms with van der Waals surface area (Å²) >= 11 is 7.57. The van der Waals surface area contributed by atoms with Crippen LogP contribution in [0.25, 0.3) is 5.76 Å². The van der Waals surface area contributed by atoms with E-state index in [-0.39, 0.29) is 22.9 Å². The standard InChI is InChI=1S/C21H16ClNO5S/c1-27-15-7-6-12(10-14(15)22)19(24)17-18(16-5-3-9-29-16)23(21(26)20(17)25)11-13-4-2-8-28-13/h2-10,18,24H,11H2,1H3/b19-17-. The van der Waals surface area contributed by atoms with Crippen molar-refractivity contribution in [2.24, 2.45) is 0 Å². The number of amides is 1. The lowest BCUT2D eigenvalue weighted by molar-refractivity contribution is -0.140. The SMILES string of the molecule is COc1ccc(/C(O)=C2/C(=O)C(=O)N(Cc3ccco3)C2c2cccs2)cc1Cl. The number of nitrogens with zero attached hydrogens (tertiary/aromatic N) is 1. The van der Waals surface area contributed by atoms with E-state index in [0.717, 1.165) is 4.88 Å². The topological polar surface area (TPSA) is 80.0 Å². The molecule has 1 atom stereocenters. The van der Waals surface area contributed by atoms with Crippen LogP contribution in [0.15, 0.2) is 64.1 Å². The van der Waals surface area contributed by atoms with Gasteiger partial charge >= 0.3 is 0 Å². The number of benzene rings is 1. The van der Waals surface area contributed by atoms with E-state index < -0.39 is 17.7 Å². The van der Waals surface area contributed by atoms with Gasteiger partial charge in [-0.1, -0.05) is 17.7 Å². The first-order valence-corrected chi connectivity index (χ1v) is 9.95. The summed E-state index contributed by atoms with van der Waals surface area (Å²) in [6.45, 7) is 0.111. The third kappa shape index (κ3) is 3.43. The van der Waals surface area contributed by atoms with Crippen molar-refractivity contribution in [3.8, 4) is 5.75 Å². The number of aliphatic hydroxyl groups is 1. The zero-order valence-electron chi connectivity index (χ0n) is 15.3. The molecule has 3 heterocycles. The molecule has 1 unspecified atom stereocenters. The maximum atomic E-state index is 12.9. The molecular formula is C21H16ClNO5S. The smallest absolute Gasteiger partial charge is 0.296 e. The third-order valence-electron chi connectivity index (χ3n) is 4.68. The summed E-state index contributed by atoms with van der Waals surface area (Å²) in [5.74, 6) is -0.745. The van der Waals surface area contributed by atoms with Crippen molar-refractivity contribution in [1.82, 2.24) is 4.90 Å². The van der Waals surface area contributed by atoms with E-state index in [0.29, 0.717) is 17.1 Å². The van der Waals surface area contributed by atoms with Crippen molar-refractivity contribution in [3.05, 3.63) is 80.9 Å². The van der Waals surface area contributed by atoms with Gasteiger partial charge in [0.05, 0.1) is 30.5 Å². The van der Waals surface area contributed by atoms with E-state index in [1.54, 1.807) is 24.3 Å². The van der Waals surface area contributed by atoms with E-state index in [4.69, 9.17) is 20.8 Å². The Bertz CT molecular complexity index is 1090. The second-order valence-electron chi connectivity index (χ2n) is 6.37. The molecule has 2 aromatic heterocycles. The fraction of sp³-hybridized carbons (Fsp3) is 0.143. The Morgan fingerprint density at radius 3 is 2.72 bits per heavy atom. The van der Waals surface area contributed by atoms with Gasteiger partial charge in [0.2, 0.25) is 0 Å². The summed E-state index contributed by atoms with van der Waals surface area (Å²) in [6, 6.07) is 11.1. The van der Waals surface area contributed by atoms with Crippen LogP contribution in [0.5, 0.6) is 5.75 Å². The van der Waals surface area contributed by atoms with Gasteiger partial charge in [0.15, 0.2) is 0 Å². The number of aliphatic hydroxyl groups excluding tert-OH is 1. The van der Waals surface area contributed by atoms with E-state index in [1.165, 1.54) is 35.7 Å². The zero-order chi connectivity index (χ0) is 20.5. The van der Waals surface area contributed by atoms with Gasteiger partial charge in [0, 0.05) is 10.4 Å². The molecule has 0 aliphatic carbocycles. The Morgan fingerprint density at radius 1 is 1.28 bits per heavy atom. The second-order valence-corrected chi connectivity index (χ2v) is 7.76. The van der Waals surface area contributed by atoms with Gasteiger partial charge in [-0.25, -0.2) is 0 Å². The molecule has 3 aromatic rings. The summed E-state index contributed by atoms with van der Waals surface area (Å²) < 4.78 is 10.5. The number of ketones is 1. The lowest BCUT2D eigenvalue weighted by Crippen LogP contribution is -2.28. The van der Waals surface area contributed by atoms with Crippen LogP contribution >= 0.6 is 22.9 Å². The molecule has 1 amide bonds. The van der Waals surface area contributed by atoms with Crippen LogP contribution in [0.2, 0.25) is 5.02 Å². The number of rotatable bonds is 5. The second kappa shape index (κ2) is 7.77. The number of halogens is 1. The lowest BCUT2D eigenvalue weighted by Gasteiger charge is -2.23. The first-order valence-electron chi connectivity index (χ1n) is 8.69. The number of hydrogen-bond donors (Lipinski definition) is 1. The molecule has 0 radical (unpaired) electrons. The highest BCUT2D eigenvalue weighted by atomic mass is 35.5. The Labute approximate surface area is 175 Å². The fourth-order valence-electron chi connectivity index (χ4n) is 3.33. The molecule has 0 saturated carbocycles. The van der Waals surface area contributed by atoms with Crippen molar-refractivity contribution in [1.29, 1.82) is 0 Å². The van der Waals surface area contributed by atoms with Crippen LogP contribution in [0.3, 0.4) is 0 Å². The molecule has 1 N–H and O–H groups in total. The lowest BCUT2D eigenvalue weighted by atomic mass is 10.00. The predicted octanol–water partition coefficient (Wildman–Crippen LogP) is 4.63. The minimum atomic E-state index is -0.751. The Hall–Kier alpha value is -3.03. The van der Waals surface area contributed by atoms with Crippen molar-refractivity contribution >= 4 is 40.4 Å². The van der Waals surface area contributed by atoms with Crippen LogP contribution in [-0.4, -0.2) is 28.8 Å². The number of ether oxygens (including phenoxy) is 1. The van der Waals surface area contributed by atoms with Crippen LogP contribution < -0.4 is 4.74 Å². The molecule has 1 aromatic carbocycles. The molecular weight excluding hydrogens is 414 g/mol. The number of carbonyl (C=O) groups excluding carboxylic acids is 2. The third-order valence-corrected chi connectivity index (χ3v) is 5.90. The Morgan fingerprint density at radius 2 is 2.10 bits per heavy atom. The van der Waals surface area contributed by atoms with Crippen molar-refractivity contribution in [2.45, 2.75) is 12.6 Å². The maximum Gasteiger partial charge on any atom is 0.296 e. The predicted molar refractivity (Wildman–Crippen MR) is 109 cm³/mol. The van der Waals surface area contributed by atoms with Gasteiger partial charge in [-0.3, -0.25) is 9.59 Å². The summed E-state index contributed by atoms with van der Waals surface area (Å²) in [4.78, 5) is 27.8. The average molecular weight is 430 g/mol. The molecule has 0 bridgehead atoms. The number of carbonyl (C=O) groups is 2. The minimum absolute atomic E-state index is 0.0187. The summed E-state index contributed by atoms with van der Waals surface area (Å²) in [5.41, 5.74) is 0.346. The van der Waals surface area contributed by atoms with Crippen LogP contribution in [0.4, 0.5) is 0 Å². The molecule has 6 nitrogen and oxygen atoms in total. The molecule has 29 heavy (non-hydrogen) atoms. The van der Waals surface area contributed by atoms with Gasteiger partial charge in [-0.2, -0.15) is 0 Å². The first kappa shape index (κ1) is 19.3. The zero-order valence-corrected chi connectivity index (χ0v) is 16.9. The minimum Gasteiger partial charge on any atom is -0.507 e. The number of methoxy groups -OCH3 is 1. The average Bonchev–Trinajstić information content (AvgIpc) is 3.46. The number of thiophene rings is 1. The Balaban J connectivity index is 1.83. The largest absolute Gasteiger partial charge is 0.507 e. The molecule has 0 spiro atoms. The highest BCUT2D eigenvalue weighted by Gasteiger charge is 2.46. The van der Waals surface area contributed by atoms with Gasteiger partial charge in [-0.05, 0) is 41.8 Å². The van der Waals surface area contributed by atoms with E-state index in [2.05, 4.69) is 0 Å². The normalized spacial score (nSPS) is 18.4. The van der Waals surface area contributed by atoms with Crippen molar-refractivity contribution in [3.63, 3.8) is 0 Å². The molecule has 1 aliphatic rings. The van der Waals surface area contributed by atoms with Crippen molar-refractivity contribution in [2.75, 3.05) is 7.11 Å². The molecule has 8 heteroatoms. The number of hydrogen-bond acceptors (Lipinski definition) is 6. The highest BCUT2D eigenvalue weighted by molar-refractivity contribution is 7.10. The molecule has 148 valence electrons. The maximum absolute atomic E-state index is 12.9. The van der Waals surface area contributed by atoms with Gasteiger partial charge in [-0.15, -0.1) is 11.3 Å². The van der Waals surface area contributed by atoms with Crippen LogP contribution in [0, 0.1) is 0 Å². The summed E-state index contributed by atoms with van der Waals surface area (Å²) in [6.07, 6.45) is 1.51. The monoisotopic (exact) mass is 429 g/mol. The van der Waals surface area contributed by atoms with Gasteiger partial charge < -0.3 is 19.2 Å². The number of likely N-dealkylation sites (tertiary alicyclic amines) is 1. The quantitative estimate of drug-likeness (QED) is 0.363. The van der Waals surface area contributed by atoms with E-state index in [9.17, 15) is 14.7 Å². The number of Topliss-reactive ketones (excluding diaryl/α,β-unsaturated/α-hetero) is 1. The summed E-state index contributed by atoms with van der Waals surface area (Å²) in [7, 11) is 1.48. The highest BCUT2D eigenvalue weighted by Crippen LogP contribution is 2.42. The summed E-state index contributed by atoms with van der Waals surface area (Å²) in [5, 5.41) is 13.1. The fourth-order valence-corrected chi connectivity index (χ4v) is 4.43. The van der Waals surface area contributed by atoms with Crippen LogP contribution in [-0.2, 0) is 16.1 Å². The van der Waals surface area contributed by atoms with Gasteiger partial charge in [0.25, 0.3) is 11.7 Å². The van der Waals surface area contributed by atoms with Crippen molar-refractivity contribution < 1.29 is 23.8 Å². The number of furan rings is 1. The molecule has 4 rings (SSSR count). The van der Waals surface area contributed by atoms with Crippen LogP contribution in [0.1, 0.15) is 22.2 Å². The molecule has 1 aliphatic heterocycles. The molecule has 1 saturated heterocycles. The first-order chi connectivity index (χ1) is 14.0. The van der Waals surface area contributed by atoms with E-state index >= 15 is 0 Å².